The van der Waals surface area contributed by atoms with Crippen molar-refractivity contribution in [3.8, 4) is 11.8 Å². The molecule has 0 aliphatic heterocycles. The second kappa shape index (κ2) is 7.09. The normalized spacial score (nSPS) is 13.8. The Bertz CT molecular complexity index is 547. The largest absolute Gasteiger partial charge is 0.495 e. The third-order valence-corrected chi connectivity index (χ3v) is 3.47. The van der Waals surface area contributed by atoms with Crippen molar-refractivity contribution in [1.82, 2.24) is 4.90 Å². The van der Waals surface area contributed by atoms with Crippen LogP contribution in [0.25, 0.3) is 0 Å². The van der Waals surface area contributed by atoms with Crippen molar-refractivity contribution >= 4 is 5.97 Å². The Morgan fingerprint density at radius 2 is 2.24 bits per heavy atom. The van der Waals surface area contributed by atoms with Crippen LogP contribution in [0.15, 0.2) is 18.2 Å². The minimum absolute atomic E-state index is 0.190. The highest BCUT2D eigenvalue weighted by Crippen LogP contribution is 2.29. The highest BCUT2D eigenvalue weighted by molar-refractivity contribution is 5.71. The number of nitrogens with zero attached hydrogens (tertiary/aromatic N) is 2. The first-order valence-electron chi connectivity index (χ1n) is 7.14. The van der Waals surface area contributed by atoms with Crippen molar-refractivity contribution in [3.63, 3.8) is 0 Å². The van der Waals surface area contributed by atoms with E-state index in [4.69, 9.17) is 14.7 Å². The zero-order valence-electron chi connectivity index (χ0n) is 12.5. The summed E-state index contributed by atoms with van der Waals surface area (Å²) in [7, 11) is 1.55. The van der Waals surface area contributed by atoms with E-state index >= 15 is 0 Å². The molecule has 0 aromatic heterocycles. The van der Waals surface area contributed by atoms with Gasteiger partial charge in [0.05, 0.1) is 25.8 Å². The Kier molecular flexibility index (Phi) is 5.18. The molecule has 1 aromatic rings. The van der Waals surface area contributed by atoms with Crippen LogP contribution in [0.4, 0.5) is 0 Å². The van der Waals surface area contributed by atoms with E-state index in [0.29, 0.717) is 37.1 Å². The number of nitriles is 1. The fourth-order valence-electron chi connectivity index (χ4n) is 2.29. The van der Waals surface area contributed by atoms with Crippen LogP contribution in [0.5, 0.6) is 5.75 Å². The number of methoxy groups -OCH3 is 1. The summed E-state index contributed by atoms with van der Waals surface area (Å²) < 4.78 is 10.2. The molecular weight excluding hydrogens is 268 g/mol. The SMILES string of the molecule is CCOC(=O)CN(Cc1ccc(C#N)c(OC)c1)C1CC1. The lowest BCUT2D eigenvalue weighted by atomic mass is 10.1. The molecule has 0 unspecified atom stereocenters. The van der Waals surface area contributed by atoms with Gasteiger partial charge in [-0.05, 0) is 37.5 Å². The molecule has 112 valence electrons. The summed E-state index contributed by atoms with van der Waals surface area (Å²) in [5, 5.41) is 9.00. The van der Waals surface area contributed by atoms with Crippen molar-refractivity contribution in [1.29, 1.82) is 5.26 Å². The number of hydrogen-bond donors (Lipinski definition) is 0. The van der Waals surface area contributed by atoms with Crippen molar-refractivity contribution in [2.45, 2.75) is 32.4 Å². The number of carbonyl (C=O) groups is 1. The van der Waals surface area contributed by atoms with Gasteiger partial charge in [0.1, 0.15) is 11.8 Å². The lowest BCUT2D eigenvalue weighted by molar-refractivity contribution is -0.144. The first-order chi connectivity index (χ1) is 10.2. The molecule has 5 heteroatoms. The summed E-state index contributed by atoms with van der Waals surface area (Å²) in [6.45, 7) is 3.18. The number of benzene rings is 1. The van der Waals surface area contributed by atoms with Gasteiger partial charge in [-0.1, -0.05) is 6.07 Å². The van der Waals surface area contributed by atoms with Gasteiger partial charge in [-0.15, -0.1) is 0 Å². The van der Waals surface area contributed by atoms with E-state index in [1.807, 2.05) is 19.1 Å². The zero-order chi connectivity index (χ0) is 15.2. The zero-order valence-corrected chi connectivity index (χ0v) is 12.5. The predicted octanol–water partition coefficient (Wildman–Crippen LogP) is 2.09. The van der Waals surface area contributed by atoms with Crippen LogP contribution in [0.1, 0.15) is 30.9 Å². The Morgan fingerprint density at radius 1 is 1.48 bits per heavy atom. The number of hydrogen-bond acceptors (Lipinski definition) is 5. The number of carbonyl (C=O) groups excluding carboxylic acids is 1. The molecule has 0 radical (unpaired) electrons. The molecule has 21 heavy (non-hydrogen) atoms. The van der Waals surface area contributed by atoms with E-state index < -0.39 is 0 Å². The smallest absolute Gasteiger partial charge is 0.320 e. The molecule has 0 spiro atoms. The third kappa shape index (κ3) is 4.20. The molecule has 1 aliphatic carbocycles. The van der Waals surface area contributed by atoms with Gasteiger partial charge in [0.15, 0.2) is 0 Å². The molecule has 0 saturated heterocycles. The minimum atomic E-state index is -0.190. The fraction of sp³-hybridized carbons (Fsp3) is 0.500. The Labute approximate surface area is 125 Å². The quantitative estimate of drug-likeness (QED) is 0.719. The van der Waals surface area contributed by atoms with E-state index in [2.05, 4.69) is 11.0 Å². The molecular formula is C16H20N2O3. The second-order valence-electron chi connectivity index (χ2n) is 5.09. The first-order valence-corrected chi connectivity index (χ1v) is 7.14. The van der Waals surface area contributed by atoms with Gasteiger partial charge >= 0.3 is 5.97 Å². The topological polar surface area (TPSA) is 62.6 Å². The highest BCUT2D eigenvalue weighted by Gasteiger charge is 2.30. The maximum atomic E-state index is 11.7. The Morgan fingerprint density at radius 3 is 2.81 bits per heavy atom. The van der Waals surface area contributed by atoms with Crippen LogP contribution in [0.2, 0.25) is 0 Å². The summed E-state index contributed by atoms with van der Waals surface area (Å²) in [5.74, 6) is 0.381. The van der Waals surface area contributed by atoms with Crippen LogP contribution < -0.4 is 4.74 Å². The Hall–Kier alpha value is -2.06. The van der Waals surface area contributed by atoms with Gasteiger partial charge in [0, 0.05) is 12.6 Å². The third-order valence-electron chi connectivity index (χ3n) is 3.47. The lowest BCUT2D eigenvalue weighted by Crippen LogP contribution is -2.32. The summed E-state index contributed by atoms with van der Waals surface area (Å²) in [6.07, 6.45) is 2.24. The number of esters is 1. The van der Waals surface area contributed by atoms with Gasteiger partial charge < -0.3 is 9.47 Å². The van der Waals surface area contributed by atoms with Crippen molar-refractivity contribution in [3.05, 3.63) is 29.3 Å². The Balaban J connectivity index is 2.06. The summed E-state index contributed by atoms with van der Waals surface area (Å²) in [5.41, 5.74) is 1.55. The predicted molar refractivity (Wildman–Crippen MR) is 77.8 cm³/mol. The average Bonchev–Trinajstić information content (AvgIpc) is 3.31. The van der Waals surface area contributed by atoms with Crippen LogP contribution in [0, 0.1) is 11.3 Å². The molecule has 0 heterocycles. The molecule has 0 bridgehead atoms. The van der Waals surface area contributed by atoms with Gasteiger partial charge in [-0.3, -0.25) is 9.69 Å². The van der Waals surface area contributed by atoms with E-state index in [0.717, 1.165) is 18.4 Å². The van der Waals surface area contributed by atoms with E-state index in [9.17, 15) is 4.79 Å². The molecule has 5 nitrogen and oxygen atoms in total. The summed E-state index contributed by atoms with van der Waals surface area (Å²) >= 11 is 0. The van der Waals surface area contributed by atoms with Crippen LogP contribution >= 0.6 is 0 Å². The molecule has 0 N–H and O–H groups in total. The van der Waals surface area contributed by atoms with Crippen LogP contribution in [-0.2, 0) is 16.1 Å². The number of rotatable bonds is 7. The van der Waals surface area contributed by atoms with E-state index in [1.54, 1.807) is 13.2 Å². The minimum Gasteiger partial charge on any atom is -0.495 e. The van der Waals surface area contributed by atoms with Crippen LogP contribution in [-0.4, -0.2) is 37.2 Å². The van der Waals surface area contributed by atoms with Crippen molar-refractivity contribution in [2.24, 2.45) is 0 Å². The molecule has 1 aromatic carbocycles. The lowest BCUT2D eigenvalue weighted by Gasteiger charge is -2.21. The van der Waals surface area contributed by atoms with Gasteiger partial charge in [-0.2, -0.15) is 5.26 Å². The molecule has 0 amide bonds. The monoisotopic (exact) mass is 288 g/mol. The maximum Gasteiger partial charge on any atom is 0.320 e. The molecule has 1 saturated carbocycles. The number of ether oxygens (including phenoxy) is 2. The van der Waals surface area contributed by atoms with E-state index in [1.165, 1.54) is 0 Å². The second-order valence-corrected chi connectivity index (χ2v) is 5.09. The maximum absolute atomic E-state index is 11.7. The first kappa shape index (κ1) is 15.3. The van der Waals surface area contributed by atoms with Crippen molar-refractivity contribution in [2.75, 3.05) is 20.3 Å². The fourth-order valence-corrected chi connectivity index (χ4v) is 2.29. The average molecular weight is 288 g/mol. The van der Waals surface area contributed by atoms with Crippen molar-refractivity contribution < 1.29 is 14.3 Å². The molecule has 1 fully saturated rings. The molecule has 1 aliphatic rings. The van der Waals surface area contributed by atoms with Gasteiger partial charge in [0.2, 0.25) is 0 Å². The summed E-state index contributed by atoms with van der Waals surface area (Å²) in [6, 6.07) is 8.07. The van der Waals surface area contributed by atoms with Gasteiger partial charge in [0.25, 0.3) is 0 Å². The van der Waals surface area contributed by atoms with Gasteiger partial charge in [-0.25, -0.2) is 0 Å². The van der Waals surface area contributed by atoms with Crippen LogP contribution in [0.3, 0.4) is 0 Å². The molecule has 0 atom stereocenters. The molecule has 2 rings (SSSR count). The van der Waals surface area contributed by atoms with E-state index in [-0.39, 0.29) is 5.97 Å². The standard InChI is InChI=1S/C16H20N2O3/c1-3-21-16(19)11-18(14-6-7-14)10-12-4-5-13(9-17)15(8-12)20-2/h4-5,8,14H,3,6-7,10-11H2,1-2H3. The highest BCUT2D eigenvalue weighted by atomic mass is 16.5. The summed E-state index contributed by atoms with van der Waals surface area (Å²) in [4.78, 5) is 13.8.